The molecule has 1 aromatic rings. The number of alkyl halides is 3. The van der Waals surface area contributed by atoms with E-state index in [1.54, 1.807) is 7.11 Å². The van der Waals surface area contributed by atoms with Gasteiger partial charge in [0.05, 0.1) is 11.5 Å². The van der Waals surface area contributed by atoms with Crippen LogP contribution in [0.15, 0.2) is 18.2 Å². The average Bonchev–Trinajstić information content (AvgIpc) is 2.53. The molecule has 9 heteroatoms. The fourth-order valence-electron chi connectivity index (χ4n) is 2.96. The molecule has 0 saturated carbocycles. The smallest absolute Gasteiger partial charge is 0.384 e. The van der Waals surface area contributed by atoms with Gasteiger partial charge in [-0.15, -0.1) is 0 Å². The molecule has 24 heavy (non-hydrogen) atoms. The second kappa shape index (κ2) is 7.35. The van der Waals surface area contributed by atoms with Gasteiger partial charge < -0.3 is 15.4 Å². The number of nitrogens with zero attached hydrogens (tertiary/aromatic N) is 1. The zero-order valence-corrected chi connectivity index (χ0v) is 13.3. The van der Waals surface area contributed by atoms with Gasteiger partial charge in [-0.25, -0.2) is 0 Å². The number of hydrogen-bond acceptors (Lipinski definition) is 5. The number of piperidine rings is 1. The maximum absolute atomic E-state index is 13.0. The molecule has 1 aliphatic rings. The fourth-order valence-corrected chi connectivity index (χ4v) is 2.96. The highest BCUT2D eigenvalue weighted by molar-refractivity contribution is 5.55. The fraction of sp³-hybridized carbons (Fsp3) is 0.600. The third-order valence-electron chi connectivity index (χ3n) is 4.28. The van der Waals surface area contributed by atoms with Crippen LogP contribution in [0, 0.1) is 15.5 Å². The number of ether oxygens (including phenoxy) is 1. The van der Waals surface area contributed by atoms with Crippen LogP contribution < -0.4 is 10.6 Å². The van der Waals surface area contributed by atoms with Gasteiger partial charge in [0.1, 0.15) is 5.56 Å². The lowest BCUT2D eigenvalue weighted by Gasteiger charge is -2.37. The monoisotopic (exact) mass is 347 g/mol. The van der Waals surface area contributed by atoms with Gasteiger partial charge in [0.15, 0.2) is 0 Å². The van der Waals surface area contributed by atoms with Crippen molar-refractivity contribution in [3.63, 3.8) is 0 Å². The summed E-state index contributed by atoms with van der Waals surface area (Å²) in [5, 5.41) is 17.0. The molecular weight excluding hydrogens is 327 g/mol. The van der Waals surface area contributed by atoms with Crippen molar-refractivity contribution >= 4 is 11.4 Å². The summed E-state index contributed by atoms with van der Waals surface area (Å²) in [5.41, 5.74) is -2.15. The predicted molar refractivity (Wildman–Crippen MR) is 83.0 cm³/mol. The topological polar surface area (TPSA) is 76.4 Å². The molecule has 0 radical (unpaired) electrons. The van der Waals surface area contributed by atoms with E-state index < -0.39 is 22.4 Å². The summed E-state index contributed by atoms with van der Waals surface area (Å²) in [4.78, 5) is 9.76. The number of hydrogen-bond donors (Lipinski definition) is 2. The molecule has 2 N–H and O–H groups in total. The van der Waals surface area contributed by atoms with Gasteiger partial charge in [-0.05, 0) is 38.1 Å². The predicted octanol–water partition coefficient (Wildman–Crippen LogP) is 3.04. The minimum Gasteiger partial charge on any atom is -0.384 e. The molecule has 2 rings (SSSR count). The van der Waals surface area contributed by atoms with Crippen molar-refractivity contribution in [2.75, 3.05) is 38.7 Å². The van der Waals surface area contributed by atoms with Gasteiger partial charge in [0, 0.05) is 30.8 Å². The Bertz CT molecular complexity index is 582. The van der Waals surface area contributed by atoms with Crippen LogP contribution in [0.3, 0.4) is 0 Å². The van der Waals surface area contributed by atoms with E-state index in [2.05, 4.69) is 10.6 Å². The number of anilines is 1. The maximum atomic E-state index is 13.0. The van der Waals surface area contributed by atoms with Crippen LogP contribution in [-0.4, -0.2) is 38.3 Å². The molecule has 0 spiro atoms. The number of methoxy groups -OCH3 is 1. The largest absolute Gasteiger partial charge is 0.423 e. The van der Waals surface area contributed by atoms with E-state index in [-0.39, 0.29) is 11.1 Å². The number of nitro groups is 1. The zero-order chi connectivity index (χ0) is 17.8. The summed E-state index contributed by atoms with van der Waals surface area (Å²) in [6.07, 6.45) is -3.10. The van der Waals surface area contributed by atoms with Crippen molar-refractivity contribution in [1.29, 1.82) is 0 Å². The number of benzene rings is 1. The van der Waals surface area contributed by atoms with Gasteiger partial charge in [-0.3, -0.25) is 10.1 Å². The summed E-state index contributed by atoms with van der Waals surface area (Å²) in [6.45, 7) is 2.58. The van der Waals surface area contributed by atoms with Gasteiger partial charge in [0.25, 0.3) is 5.69 Å². The third-order valence-corrected chi connectivity index (χ3v) is 4.28. The van der Waals surface area contributed by atoms with Crippen molar-refractivity contribution in [1.82, 2.24) is 5.32 Å². The standard InChI is InChI=1S/C15H20F3N3O3/c1-24-10-14(4-6-19-7-5-14)9-20-11-2-3-13(21(22)23)12(8-11)15(16,17)18/h2-3,8,19-20H,4-7,9-10H2,1H3. The third kappa shape index (κ3) is 4.35. The van der Waals surface area contributed by atoms with Crippen molar-refractivity contribution in [3.8, 4) is 0 Å². The van der Waals surface area contributed by atoms with Crippen molar-refractivity contribution < 1.29 is 22.8 Å². The second-order valence-electron chi connectivity index (χ2n) is 6.02. The van der Waals surface area contributed by atoms with Gasteiger partial charge in [0.2, 0.25) is 0 Å². The van der Waals surface area contributed by atoms with E-state index in [9.17, 15) is 23.3 Å². The van der Waals surface area contributed by atoms with Crippen LogP contribution in [0.25, 0.3) is 0 Å². The second-order valence-corrected chi connectivity index (χ2v) is 6.02. The molecule has 0 amide bonds. The number of nitrogens with one attached hydrogen (secondary N) is 2. The number of halogens is 3. The number of nitro benzene ring substituents is 1. The molecule has 1 heterocycles. The van der Waals surface area contributed by atoms with E-state index in [0.29, 0.717) is 13.2 Å². The molecule has 0 unspecified atom stereocenters. The van der Waals surface area contributed by atoms with Crippen LogP contribution in [0.2, 0.25) is 0 Å². The Labute approximate surface area is 137 Å². The molecular formula is C15H20F3N3O3. The molecule has 0 aromatic heterocycles. The van der Waals surface area contributed by atoms with Gasteiger partial charge in [-0.1, -0.05) is 0 Å². The lowest BCUT2D eigenvalue weighted by atomic mass is 9.79. The van der Waals surface area contributed by atoms with Crippen molar-refractivity contribution in [2.45, 2.75) is 19.0 Å². The highest BCUT2D eigenvalue weighted by Crippen LogP contribution is 2.38. The number of rotatable bonds is 6. The molecule has 6 nitrogen and oxygen atoms in total. The Morgan fingerprint density at radius 2 is 2.04 bits per heavy atom. The van der Waals surface area contributed by atoms with E-state index >= 15 is 0 Å². The molecule has 0 bridgehead atoms. The summed E-state index contributed by atoms with van der Waals surface area (Å²) < 4.78 is 44.3. The Morgan fingerprint density at radius 1 is 1.38 bits per heavy atom. The van der Waals surface area contributed by atoms with Crippen LogP contribution in [-0.2, 0) is 10.9 Å². The first-order chi connectivity index (χ1) is 11.3. The van der Waals surface area contributed by atoms with Crippen LogP contribution in [0.4, 0.5) is 24.5 Å². The van der Waals surface area contributed by atoms with E-state index in [4.69, 9.17) is 4.74 Å². The molecule has 0 aliphatic carbocycles. The van der Waals surface area contributed by atoms with E-state index in [1.165, 1.54) is 6.07 Å². The lowest BCUT2D eigenvalue weighted by Crippen LogP contribution is -2.44. The quantitative estimate of drug-likeness (QED) is 0.611. The van der Waals surface area contributed by atoms with Gasteiger partial charge in [-0.2, -0.15) is 13.2 Å². The van der Waals surface area contributed by atoms with E-state index in [0.717, 1.165) is 38.1 Å². The highest BCUT2D eigenvalue weighted by atomic mass is 19.4. The van der Waals surface area contributed by atoms with Crippen LogP contribution >= 0.6 is 0 Å². The Kier molecular flexibility index (Phi) is 5.66. The van der Waals surface area contributed by atoms with Crippen LogP contribution in [0.1, 0.15) is 18.4 Å². The summed E-state index contributed by atoms with van der Waals surface area (Å²) >= 11 is 0. The molecule has 0 atom stereocenters. The molecule has 1 saturated heterocycles. The lowest BCUT2D eigenvalue weighted by molar-refractivity contribution is -0.388. The minimum absolute atomic E-state index is 0.166. The zero-order valence-electron chi connectivity index (χ0n) is 13.3. The van der Waals surface area contributed by atoms with Gasteiger partial charge >= 0.3 is 6.18 Å². The first-order valence-electron chi connectivity index (χ1n) is 7.57. The maximum Gasteiger partial charge on any atom is 0.423 e. The Hall–Kier alpha value is -1.87. The molecule has 134 valence electrons. The first kappa shape index (κ1) is 18.5. The minimum atomic E-state index is -4.78. The molecule has 1 aromatic carbocycles. The summed E-state index contributed by atoms with van der Waals surface area (Å²) in [7, 11) is 1.59. The molecule has 1 aliphatic heterocycles. The van der Waals surface area contributed by atoms with Crippen molar-refractivity contribution in [2.24, 2.45) is 5.41 Å². The normalized spacial score (nSPS) is 17.5. The molecule has 1 fully saturated rings. The van der Waals surface area contributed by atoms with Crippen LogP contribution in [0.5, 0.6) is 0 Å². The Morgan fingerprint density at radius 3 is 2.58 bits per heavy atom. The Balaban J connectivity index is 2.19. The average molecular weight is 347 g/mol. The highest BCUT2D eigenvalue weighted by Gasteiger charge is 2.38. The first-order valence-corrected chi connectivity index (χ1v) is 7.57. The van der Waals surface area contributed by atoms with E-state index in [1.807, 2.05) is 0 Å². The summed E-state index contributed by atoms with van der Waals surface area (Å²) in [5.74, 6) is 0. The SMILES string of the molecule is COCC1(CNc2ccc([N+](=O)[O-])c(C(F)(F)F)c2)CCNCC1. The summed E-state index contributed by atoms with van der Waals surface area (Å²) in [6, 6.07) is 2.98. The van der Waals surface area contributed by atoms with Crippen molar-refractivity contribution in [3.05, 3.63) is 33.9 Å².